The van der Waals surface area contributed by atoms with E-state index in [0.717, 1.165) is 0 Å². The molecule has 3 rings (SSSR count). The molecule has 0 unspecified atom stereocenters. The van der Waals surface area contributed by atoms with Crippen LogP contribution in [0.1, 0.15) is 24.2 Å². The Balaban J connectivity index is 1.75. The first-order chi connectivity index (χ1) is 12.0. The Kier molecular flexibility index (Phi) is 4.76. The molecule has 0 spiro atoms. The monoisotopic (exact) mass is 355 g/mol. The van der Waals surface area contributed by atoms with Crippen molar-refractivity contribution >= 4 is 38.9 Å². The number of nitrogens with zero attached hydrogens (tertiary/aromatic N) is 2. The van der Waals surface area contributed by atoms with Crippen LogP contribution in [0.2, 0.25) is 0 Å². The summed E-state index contributed by atoms with van der Waals surface area (Å²) in [6.07, 6.45) is 1.40. The molecular formula is C18H17N3O3S. The van der Waals surface area contributed by atoms with Gasteiger partial charge in [0.2, 0.25) is 5.91 Å². The Morgan fingerprint density at radius 3 is 2.60 bits per heavy atom. The van der Waals surface area contributed by atoms with Gasteiger partial charge in [-0.2, -0.15) is 0 Å². The number of rotatable bonds is 5. The van der Waals surface area contributed by atoms with Crippen LogP contribution in [0.15, 0.2) is 46.8 Å². The van der Waals surface area contributed by atoms with Crippen LogP contribution in [-0.4, -0.2) is 21.2 Å². The van der Waals surface area contributed by atoms with Crippen molar-refractivity contribution in [3.63, 3.8) is 0 Å². The lowest BCUT2D eigenvalue weighted by Crippen LogP contribution is -2.24. The van der Waals surface area contributed by atoms with Crippen LogP contribution in [0.3, 0.4) is 0 Å². The molecule has 0 saturated heterocycles. The van der Waals surface area contributed by atoms with Gasteiger partial charge in [0, 0.05) is 17.2 Å². The summed E-state index contributed by atoms with van der Waals surface area (Å²) in [7, 11) is 0. The minimum atomic E-state index is -0.222. The summed E-state index contributed by atoms with van der Waals surface area (Å²) in [6, 6.07) is 8.34. The predicted molar refractivity (Wildman–Crippen MR) is 98.1 cm³/mol. The van der Waals surface area contributed by atoms with Gasteiger partial charge in [0.15, 0.2) is 5.78 Å². The minimum absolute atomic E-state index is 0.0741. The van der Waals surface area contributed by atoms with Crippen LogP contribution in [0.4, 0.5) is 5.69 Å². The SMILES string of the molecule is CC(C)C(=O)Nc1ccc(C(=O)Cn2cnc3sccc3c2=O)cc1. The molecule has 7 heteroatoms. The molecule has 0 aliphatic carbocycles. The molecule has 0 atom stereocenters. The molecular weight excluding hydrogens is 338 g/mol. The summed E-state index contributed by atoms with van der Waals surface area (Å²) < 4.78 is 1.31. The van der Waals surface area contributed by atoms with Gasteiger partial charge in [-0.1, -0.05) is 13.8 Å². The normalized spacial score (nSPS) is 11.0. The van der Waals surface area contributed by atoms with Gasteiger partial charge < -0.3 is 5.32 Å². The number of ketones is 1. The number of thiophene rings is 1. The number of benzene rings is 1. The summed E-state index contributed by atoms with van der Waals surface area (Å²) in [5.74, 6) is -0.395. The zero-order valence-electron chi connectivity index (χ0n) is 13.9. The Bertz CT molecular complexity index is 987. The molecule has 3 aromatic rings. The summed E-state index contributed by atoms with van der Waals surface area (Å²) in [6.45, 7) is 3.54. The van der Waals surface area contributed by atoms with Crippen LogP contribution < -0.4 is 10.9 Å². The van der Waals surface area contributed by atoms with Crippen molar-refractivity contribution in [1.82, 2.24) is 9.55 Å². The summed E-state index contributed by atoms with van der Waals surface area (Å²) in [4.78, 5) is 41.3. The number of nitrogens with one attached hydrogen (secondary N) is 1. The first-order valence-electron chi connectivity index (χ1n) is 7.82. The first-order valence-corrected chi connectivity index (χ1v) is 8.70. The van der Waals surface area contributed by atoms with E-state index < -0.39 is 0 Å². The maximum Gasteiger partial charge on any atom is 0.262 e. The van der Waals surface area contributed by atoms with Crippen LogP contribution in [-0.2, 0) is 11.3 Å². The smallest absolute Gasteiger partial charge is 0.262 e. The molecule has 6 nitrogen and oxygen atoms in total. The van der Waals surface area contributed by atoms with E-state index in [1.165, 1.54) is 22.2 Å². The van der Waals surface area contributed by atoms with Crippen LogP contribution in [0.25, 0.3) is 10.2 Å². The third-order valence-electron chi connectivity index (χ3n) is 3.76. The molecule has 0 radical (unpaired) electrons. The van der Waals surface area contributed by atoms with E-state index in [1.54, 1.807) is 35.7 Å². The highest BCUT2D eigenvalue weighted by atomic mass is 32.1. The van der Waals surface area contributed by atoms with Crippen molar-refractivity contribution in [2.45, 2.75) is 20.4 Å². The van der Waals surface area contributed by atoms with Gasteiger partial charge in [0.25, 0.3) is 5.56 Å². The molecule has 1 N–H and O–H groups in total. The van der Waals surface area contributed by atoms with Crippen LogP contribution in [0.5, 0.6) is 0 Å². The molecule has 2 heterocycles. The van der Waals surface area contributed by atoms with Crippen molar-refractivity contribution in [2.24, 2.45) is 5.92 Å². The second kappa shape index (κ2) is 6.98. The van der Waals surface area contributed by atoms with Gasteiger partial charge >= 0.3 is 0 Å². The van der Waals surface area contributed by atoms with Gasteiger partial charge in [-0.25, -0.2) is 4.98 Å². The minimum Gasteiger partial charge on any atom is -0.326 e. The molecule has 0 aliphatic rings. The van der Waals surface area contributed by atoms with E-state index in [1.807, 2.05) is 13.8 Å². The summed E-state index contributed by atoms with van der Waals surface area (Å²) in [5.41, 5.74) is 0.883. The van der Waals surface area contributed by atoms with Crippen LogP contribution >= 0.6 is 11.3 Å². The predicted octanol–water partition coefficient (Wildman–Crippen LogP) is 2.94. The van der Waals surface area contributed by atoms with Gasteiger partial charge in [-0.05, 0) is 35.7 Å². The number of hydrogen-bond donors (Lipinski definition) is 1. The highest BCUT2D eigenvalue weighted by Gasteiger charge is 2.12. The van der Waals surface area contributed by atoms with Gasteiger partial charge in [-0.3, -0.25) is 19.0 Å². The number of hydrogen-bond acceptors (Lipinski definition) is 5. The quantitative estimate of drug-likeness (QED) is 0.714. The van der Waals surface area contributed by atoms with Crippen molar-refractivity contribution < 1.29 is 9.59 Å². The highest BCUT2D eigenvalue weighted by Crippen LogP contribution is 2.14. The van der Waals surface area contributed by atoms with Crippen molar-refractivity contribution in [2.75, 3.05) is 5.32 Å². The maximum absolute atomic E-state index is 12.4. The van der Waals surface area contributed by atoms with Gasteiger partial charge in [-0.15, -0.1) is 11.3 Å². The van der Waals surface area contributed by atoms with E-state index in [-0.39, 0.29) is 29.7 Å². The number of carbonyl (C=O) groups excluding carboxylic acids is 2. The van der Waals surface area contributed by atoms with Crippen molar-refractivity contribution in [3.05, 3.63) is 58.0 Å². The van der Waals surface area contributed by atoms with Gasteiger partial charge in [0.1, 0.15) is 4.83 Å². The maximum atomic E-state index is 12.4. The molecule has 0 aliphatic heterocycles. The molecule has 128 valence electrons. The number of fused-ring (bicyclic) bond motifs is 1. The number of anilines is 1. The molecule has 2 aromatic heterocycles. The molecule has 1 aromatic carbocycles. The molecule has 25 heavy (non-hydrogen) atoms. The topological polar surface area (TPSA) is 81.1 Å². The number of carbonyl (C=O) groups is 2. The molecule has 0 saturated carbocycles. The Morgan fingerprint density at radius 1 is 1.20 bits per heavy atom. The Labute approximate surface area is 148 Å². The second-order valence-corrected chi connectivity index (χ2v) is 6.86. The van der Waals surface area contributed by atoms with E-state index in [9.17, 15) is 14.4 Å². The standard InChI is InChI=1S/C18H17N3O3S/c1-11(2)16(23)20-13-5-3-12(4-6-13)15(22)9-21-10-19-17-14(18(21)24)7-8-25-17/h3-8,10-11H,9H2,1-2H3,(H,20,23). The first kappa shape index (κ1) is 17.0. The second-order valence-electron chi connectivity index (χ2n) is 5.96. The van der Waals surface area contributed by atoms with Crippen molar-refractivity contribution in [3.8, 4) is 0 Å². The fourth-order valence-corrected chi connectivity index (χ4v) is 3.00. The average molecular weight is 355 g/mol. The largest absolute Gasteiger partial charge is 0.326 e. The molecule has 1 amide bonds. The third kappa shape index (κ3) is 3.66. The lowest BCUT2D eigenvalue weighted by atomic mass is 10.1. The Morgan fingerprint density at radius 2 is 1.92 bits per heavy atom. The molecule has 0 bridgehead atoms. The van der Waals surface area contributed by atoms with E-state index in [2.05, 4.69) is 10.3 Å². The van der Waals surface area contributed by atoms with Crippen molar-refractivity contribution in [1.29, 1.82) is 0 Å². The van der Waals surface area contributed by atoms with Crippen LogP contribution in [0, 0.1) is 5.92 Å². The lowest BCUT2D eigenvalue weighted by Gasteiger charge is -2.09. The fourth-order valence-electron chi connectivity index (χ4n) is 2.28. The number of aromatic nitrogens is 2. The number of amides is 1. The van der Waals surface area contributed by atoms with Gasteiger partial charge in [0.05, 0.1) is 18.3 Å². The van der Waals surface area contributed by atoms with E-state index in [4.69, 9.17) is 0 Å². The average Bonchev–Trinajstić information content (AvgIpc) is 3.07. The Hall–Kier alpha value is -2.80. The summed E-state index contributed by atoms with van der Waals surface area (Å²) >= 11 is 1.39. The number of Topliss-reactive ketones (excluding diaryl/α,β-unsaturated/α-hetero) is 1. The molecule has 0 fully saturated rings. The van der Waals surface area contributed by atoms with E-state index in [0.29, 0.717) is 21.5 Å². The zero-order chi connectivity index (χ0) is 18.0. The summed E-state index contributed by atoms with van der Waals surface area (Å²) in [5, 5.41) is 5.09. The van der Waals surface area contributed by atoms with E-state index >= 15 is 0 Å². The third-order valence-corrected chi connectivity index (χ3v) is 4.58. The zero-order valence-corrected chi connectivity index (χ0v) is 14.7. The highest BCUT2D eigenvalue weighted by molar-refractivity contribution is 7.16. The lowest BCUT2D eigenvalue weighted by molar-refractivity contribution is -0.118. The fraction of sp³-hybridized carbons (Fsp3) is 0.222.